The van der Waals surface area contributed by atoms with Crippen LogP contribution >= 0.6 is 23.2 Å². The van der Waals surface area contributed by atoms with E-state index in [0.29, 0.717) is 12.8 Å². The molecule has 0 radical (unpaired) electrons. The minimum Gasteiger partial charge on any atom is -0.271 e. The van der Waals surface area contributed by atoms with Gasteiger partial charge in [0.1, 0.15) is 10.6 Å². The van der Waals surface area contributed by atoms with E-state index in [1.165, 1.54) is 0 Å². The first-order valence-electron chi connectivity index (χ1n) is 4.10. The maximum atomic E-state index is 11.6. The molecule has 0 spiro atoms. The molecule has 1 heterocycles. The quantitative estimate of drug-likeness (QED) is 0.660. The number of amidine groups is 1. The van der Waals surface area contributed by atoms with Crippen LogP contribution in [-0.4, -0.2) is 16.4 Å². The third kappa shape index (κ3) is 1.63. The van der Waals surface area contributed by atoms with Gasteiger partial charge in [-0.25, -0.2) is 4.99 Å². The van der Waals surface area contributed by atoms with E-state index in [2.05, 4.69) is 9.98 Å². The van der Waals surface area contributed by atoms with Gasteiger partial charge in [-0.2, -0.15) is 4.99 Å². The number of amides is 1. The summed E-state index contributed by atoms with van der Waals surface area (Å²) in [5.41, 5.74) is -0.736. The van der Waals surface area contributed by atoms with E-state index in [-0.39, 0.29) is 16.4 Å². The lowest BCUT2D eigenvalue weighted by molar-refractivity contribution is -0.124. The Labute approximate surface area is 86.8 Å². The predicted molar refractivity (Wildman–Crippen MR) is 54.6 cm³/mol. The van der Waals surface area contributed by atoms with E-state index in [1.54, 1.807) is 0 Å². The first kappa shape index (κ1) is 10.7. The predicted octanol–water partition coefficient (Wildman–Crippen LogP) is 2.57. The molecule has 1 amide bonds. The minimum atomic E-state index is -0.736. The van der Waals surface area contributed by atoms with Gasteiger partial charge < -0.3 is 0 Å². The fourth-order valence-corrected chi connectivity index (χ4v) is 1.97. The molecular formula is C8H10Cl2N2O. The maximum absolute atomic E-state index is 11.6. The highest BCUT2D eigenvalue weighted by Crippen LogP contribution is 2.34. The summed E-state index contributed by atoms with van der Waals surface area (Å²) in [6.45, 7) is 3.77. The van der Waals surface area contributed by atoms with Gasteiger partial charge in [0.15, 0.2) is 0 Å². The van der Waals surface area contributed by atoms with Gasteiger partial charge in [-0.3, -0.25) is 4.79 Å². The van der Waals surface area contributed by atoms with Crippen LogP contribution in [0.4, 0.5) is 0 Å². The fraction of sp³-hybridized carbons (Fsp3) is 0.625. The number of nitrogens with zero attached hydrogens (tertiary/aromatic N) is 2. The molecule has 0 aromatic rings. The zero-order valence-electron chi connectivity index (χ0n) is 7.47. The summed E-state index contributed by atoms with van der Waals surface area (Å²) in [6, 6.07) is 0. The van der Waals surface area contributed by atoms with Gasteiger partial charge in [0.05, 0.1) is 0 Å². The summed E-state index contributed by atoms with van der Waals surface area (Å²) in [4.78, 5) is 19.0. The van der Waals surface area contributed by atoms with Gasteiger partial charge in [-0.1, -0.05) is 25.4 Å². The van der Waals surface area contributed by atoms with E-state index in [0.717, 1.165) is 0 Å². The second-order valence-corrected chi connectivity index (χ2v) is 3.57. The number of hydrogen-bond acceptors (Lipinski definition) is 2. The van der Waals surface area contributed by atoms with Gasteiger partial charge in [-0.15, -0.1) is 0 Å². The van der Waals surface area contributed by atoms with Gasteiger partial charge in [0, 0.05) is 0 Å². The highest BCUT2D eigenvalue weighted by atomic mass is 35.5. The summed E-state index contributed by atoms with van der Waals surface area (Å²) >= 11 is 11.4. The molecule has 0 aromatic carbocycles. The van der Waals surface area contributed by atoms with Crippen LogP contribution in [0, 0.1) is 5.41 Å². The Kier molecular flexibility index (Phi) is 3.09. The van der Waals surface area contributed by atoms with Gasteiger partial charge >= 0.3 is 0 Å². The first-order valence-corrected chi connectivity index (χ1v) is 4.85. The highest BCUT2D eigenvalue weighted by Gasteiger charge is 2.42. The average Bonchev–Trinajstić information content (AvgIpc) is 2.05. The lowest BCUT2D eigenvalue weighted by atomic mass is 9.82. The van der Waals surface area contributed by atoms with Crippen molar-refractivity contribution < 1.29 is 4.79 Å². The first-order chi connectivity index (χ1) is 6.06. The van der Waals surface area contributed by atoms with Crippen LogP contribution in [0.1, 0.15) is 26.7 Å². The molecule has 0 saturated carbocycles. The van der Waals surface area contributed by atoms with Crippen molar-refractivity contribution in [2.45, 2.75) is 26.7 Å². The standard InChI is InChI=1S/C8H10Cl2N2O/c1-3-8(4-2)5(9)11-7(10)12-6(8)13/h3-4H2,1-2H3. The molecule has 0 bridgehead atoms. The largest absolute Gasteiger partial charge is 0.271 e. The van der Waals surface area contributed by atoms with Crippen LogP contribution in [0.3, 0.4) is 0 Å². The molecule has 1 aliphatic heterocycles. The summed E-state index contributed by atoms with van der Waals surface area (Å²) in [5, 5.41) is 0.176. The van der Waals surface area contributed by atoms with Crippen molar-refractivity contribution in [3.63, 3.8) is 0 Å². The van der Waals surface area contributed by atoms with Crippen molar-refractivity contribution in [2.75, 3.05) is 0 Å². The molecule has 0 fully saturated rings. The monoisotopic (exact) mass is 220 g/mol. The van der Waals surface area contributed by atoms with Crippen molar-refractivity contribution in [3.8, 4) is 0 Å². The van der Waals surface area contributed by atoms with Crippen LogP contribution in [-0.2, 0) is 4.79 Å². The molecule has 3 nitrogen and oxygen atoms in total. The van der Waals surface area contributed by atoms with E-state index in [4.69, 9.17) is 23.2 Å². The van der Waals surface area contributed by atoms with Crippen LogP contribution in [0.5, 0.6) is 0 Å². The van der Waals surface area contributed by atoms with Crippen LogP contribution in [0.15, 0.2) is 9.98 Å². The van der Waals surface area contributed by atoms with Crippen molar-refractivity contribution in [2.24, 2.45) is 15.4 Å². The topological polar surface area (TPSA) is 41.8 Å². The Bertz CT molecular complexity index is 293. The summed E-state index contributed by atoms with van der Waals surface area (Å²) in [7, 11) is 0. The van der Waals surface area contributed by atoms with E-state index in [9.17, 15) is 4.79 Å². The van der Waals surface area contributed by atoms with E-state index >= 15 is 0 Å². The molecule has 5 heteroatoms. The number of rotatable bonds is 2. The van der Waals surface area contributed by atoms with Crippen molar-refractivity contribution in [1.82, 2.24) is 0 Å². The van der Waals surface area contributed by atoms with E-state index < -0.39 is 5.41 Å². The van der Waals surface area contributed by atoms with E-state index in [1.807, 2.05) is 13.8 Å². The molecule has 72 valence electrons. The van der Waals surface area contributed by atoms with Crippen LogP contribution in [0.25, 0.3) is 0 Å². The number of aliphatic imine (C=N–C) groups is 2. The molecular weight excluding hydrogens is 211 g/mol. The third-order valence-electron chi connectivity index (χ3n) is 2.40. The second-order valence-electron chi connectivity index (χ2n) is 2.88. The highest BCUT2D eigenvalue weighted by molar-refractivity contribution is 6.75. The zero-order valence-corrected chi connectivity index (χ0v) is 8.98. The second kappa shape index (κ2) is 3.76. The van der Waals surface area contributed by atoms with Crippen molar-refractivity contribution in [1.29, 1.82) is 0 Å². The molecule has 13 heavy (non-hydrogen) atoms. The maximum Gasteiger partial charge on any atom is 0.261 e. The summed E-state index contributed by atoms with van der Waals surface area (Å²) in [6.07, 6.45) is 1.19. The molecule has 0 aromatic heterocycles. The summed E-state index contributed by atoms with van der Waals surface area (Å²) in [5.74, 6) is -0.289. The molecule has 1 aliphatic rings. The number of halogens is 2. The molecule has 0 saturated heterocycles. The fourth-order valence-electron chi connectivity index (χ4n) is 1.34. The number of carbonyl (C=O) groups is 1. The average molecular weight is 221 g/mol. The Hall–Kier alpha value is -0.410. The smallest absolute Gasteiger partial charge is 0.261 e. The van der Waals surface area contributed by atoms with Gasteiger partial charge in [-0.05, 0) is 24.4 Å². The van der Waals surface area contributed by atoms with Gasteiger partial charge in [0.25, 0.3) is 5.91 Å². The van der Waals surface area contributed by atoms with Crippen LogP contribution < -0.4 is 0 Å². The lowest BCUT2D eigenvalue weighted by Crippen LogP contribution is -2.37. The third-order valence-corrected chi connectivity index (χ3v) is 3.01. The van der Waals surface area contributed by atoms with Crippen molar-refractivity contribution >= 4 is 39.6 Å². The Balaban J connectivity index is 3.14. The SMILES string of the molecule is CCC1(CC)C(=O)N=C(Cl)N=C1Cl. The Morgan fingerprint density at radius 1 is 1.23 bits per heavy atom. The van der Waals surface area contributed by atoms with Crippen molar-refractivity contribution in [3.05, 3.63) is 0 Å². The molecule has 0 aliphatic carbocycles. The molecule has 0 atom stereocenters. The Morgan fingerprint density at radius 2 is 1.77 bits per heavy atom. The lowest BCUT2D eigenvalue weighted by Gasteiger charge is -2.27. The Morgan fingerprint density at radius 3 is 2.15 bits per heavy atom. The minimum absolute atomic E-state index is 0.0764. The number of hydrogen-bond donors (Lipinski definition) is 0. The molecule has 1 rings (SSSR count). The molecule has 0 N–H and O–H groups in total. The zero-order chi connectivity index (χ0) is 10.1. The van der Waals surface area contributed by atoms with Crippen LogP contribution in [0.2, 0.25) is 0 Å². The summed E-state index contributed by atoms with van der Waals surface area (Å²) < 4.78 is 0. The molecule has 0 unspecified atom stereocenters. The normalized spacial score (nSPS) is 21.1. The number of carbonyl (C=O) groups excluding carboxylic acids is 1. The van der Waals surface area contributed by atoms with Gasteiger partial charge in [0.2, 0.25) is 5.29 Å².